The zero-order valence-electron chi connectivity index (χ0n) is 30.5. The predicted octanol–water partition coefficient (Wildman–Crippen LogP) is 4.02. The first kappa shape index (κ1) is 39.8. The summed E-state index contributed by atoms with van der Waals surface area (Å²) in [5.41, 5.74) is 2.96. The molecule has 4 N–H and O–H groups in total. The molecule has 0 radical (unpaired) electrons. The van der Waals surface area contributed by atoms with E-state index < -0.39 is 51.2 Å². The molecule has 14 nitrogen and oxygen atoms in total. The summed E-state index contributed by atoms with van der Waals surface area (Å²) in [5, 5.41) is 4.94. The number of nitrogens with one attached hydrogen (secondary N) is 4. The number of benzene rings is 2. The van der Waals surface area contributed by atoms with Crippen LogP contribution < -0.4 is 25.5 Å². The number of pyridine rings is 1. The predicted molar refractivity (Wildman–Crippen MR) is 205 cm³/mol. The summed E-state index contributed by atoms with van der Waals surface area (Å²) in [6.07, 6.45) is 7.69. The van der Waals surface area contributed by atoms with Crippen LogP contribution in [0, 0.1) is 5.92 Å². The minimum atomic E-state index is -3.81. The first-order chi connectivity index (χ1) is 25.9. The highest BCUT2D eigenvalue weighted by Crippen LogP contribution is 2.28. The topological polar surface area (TPSA) is 193 Å². The van der Waals surface area contributed by atoms with Gasteiger partial charge in [-0.15, -0.1) is 6.58 Å². The molecule has 1 saturated heterocycles. The molecule has 1 aliphatic carbocycles. The van der Waals surface area contributed by atoms with Gasteiger partial charge in [0.05, 0.1) is 24.5 Å². The number of rotatable bonds is 17. The first-order valence-electron chi connectivity index (χ1n) is 18.0. The lowest BCUT2D eigenvalue weighted by molar-refractivity contribution is -0.138. The Hall–Kier alpha value is -5.44. The number of fused-ring (bicyclic) bond motifs is 1. The maximum atomic E-state index is 13.1. The van der Waals surface area contributed by atoms with Crippen LogP contribution in [0.1, 0.15) is 57.4 Å². The third kappa shape index (κ3) is 10.4. The van der Waals surface area contributed by atoms with Gasteiger partial charge in [-0.25, -0.2) is 13.2 Å². The van der Waals surface area contributed by atoms with Crippen LogP contribution in [-0.2, 0) is 29.1 Å². The quantitative estimate of drug-likeness (QED) is 0.147. The highest BCUT2D eigenvalue weighted by atomic mass is 32.2. The molecule has 1 aromatic heterocycles. The number of amides is 4. The largest absolute Gasteiger partial charge is 0.496 e. The van der Waals surface area contributed by atoms with Gasteiger partial charge >= 0.3 is 6.09 Å². The number of aromatic amines is 1. The Morgan fingerprint density at radius 2 is 1.85 bits per heavy atom. The van der Waals surface area contributed by atoms with Crippen molar-refractivity contribution in [3.05, 3.63) is 83.0 Å². The average Bonchev–Trinajstić information content (AvgIpc) is 3.92. The standard InChI is InChI=1S/C39H47N5O9S/c1-4-11-30(37(47)43-54(50,51)28-17-18-28)42-38(48)33-16-10-19-44(33)36(46)23-40-39(49)53-24-25(2)12-8-9-15-27-20-29-32(22-35(27)52-3)41-31(21-34(29)45)26-13-6-5-7-14-26/h4-7,9,13-15,20-22,25,28,30,33H,1,8,10-12,16-19,23-24H2,2-3H3,(H,40,49)(H,41,45)(H,42,48)(H,43,47)/b15-9+/t25?,30?,33-/m0/s1. The minimum Gasteiger partial charge on any atom is -0.496 e. The number of nitrogens with zero attached hydrogens (tertiary/aromatic N) is 1. The molecule has 54 heavy (non-hydrogen) atoms. The third-order valence-electron chi connectivity index (χ3n) is 9.39. The zero-order valence-corrected chi connectivity index (χ0v) is 31.3. The number of carbonyl (C=O) groups excluding carboxylic acids is 4. The molecular weight excluding hydrogens is 715 g/mol. The molecule has 3 aromatic rings. The highest BCUT2D eigenvalue weighted by Gasteiger charge is 2.39. The number of ether oxygens (including phenoxy) is 2. The summed E-state index contributed by atoms with van der Waals surface area (Å²) in [6.45, 7) is 5.52. The molecule has 288 valence electrons. The van der Waals surface area contributed by atoms with Crippen LogP contribution in [0.5, 0.6) is 5.75 Å². The number of sulfonamides is 1. The SMILES string of the molecule is C=CCC(NC(=O)[C@@H]1CCCN1C(=O)CNC(=O)OCC(C)CC/C=C/c1cc2c(=O)cc(-c3ccccc3)[nH]c2cc1OC)C(=O)NS(=O)(=O)C1CC1. The fraction of sp³-hybridized carbons (Fsp3) is 0.410. The van der Waals surface area contributed by atoms with Crippen molar-refractivity contribution in [1.82, 2.24) is 25.2 Å². The monoisotopic (exact) mass is 761 g/mol. The highest BCUT2D eigenvalue weighted by molar-refractivity contribution is 7.90. The van der Waals surface area contributed by atoms with E-state index in [1.54, 1.807) is 19.2 Å². The Morgan fingerprint density at radius 1 is 1.09 bits per heavy atom. The summed E-state index contributed by atoms with van der Waals surface area (Å²) in [4.78, 5) is 68.8. The van der Waals surface area contributed by atoms with Crippen LogP contribution in [0.2, 0.25) is 0 Å². The Balaban J connectivity index is 1.05. The Morgan fingerprint density at radius 3 is 2.56 bits per heavy atom. The lowest BCUT2D eigenvalue weighted by atomic mass is 10.0. The zero-order chi connectivity index (χ0) is 38.8. The minimum absolute atomic E-state index is 0.000449. The normalized spacial score (nSPS) is 16.8. The summed E-state index contributed by atoms with van der Waals surface area (Å²) >= 11 is 0. The van der Waals surface area contributed by atoms with Crippen molar-refractivity contribution < 1.29 is 37.1 Å². The molecule has 2 aliphatic rings. The molecule has 5 rings (SSSR count). The molecule has 3 atom stereocenters. The number of alkyl carbamates (subject to hydrolysis) is 1. The van der Waals surface area contributed by atoms with E-state index in [2.05, 4.69) is 22.2 Å². The van der Waals surface area contributed by atoms with Gasteiger partial charge in [-0.3, -0.25) is 23.9 Å². The Bertz CT molecular complexity index is 2060. The molecule has 15 heteroatoms. The molecule has 1 saturated carbocycles. The summed E-state index contributed by atoms with van der Waals surface area (Å²) in [7, 11) is -2.23. The Labute approximate surface area is 314 Å². The molecule has 4 amide bonds. The molecule has 1 aliphatic heterocycles. The number of allylic oxidation sites excluding steroid dienone is 1. The second-order valence-corrected chi connectivity index (χ2v) is 15.6. The number of methoxy groups -OCH3 is 1. The van der Waals surface area contributed by atoms with E-state index in [1.165, 1.54) is 11.0 Å². The van der Waals surface area contributed by atoms with Gasteiger partial charge < -0.3 is 30.0 Å². The van der Waals surface area contributed by atoms with Crippen LogP contribution in [0.3, 0.4) is 0 Å². The van der Waals surface area contributed by atoms with E-state index in [-0.39, 0.29) is 37.5 Å². The van der Waals surface area contributed by atoms with Gasteiger partial charge in [0.15, 0.2) is 5.43 Å². The lowest BCUT2D eigenvalue weighted by Crippen LogP contribution is -2.54. The van der Waals surface area contributed by atoms with Crippen LogP contribution in [-0.4, -0.2) is 86.3 Å². The summed E-state index contributed by atoms with van der Waals surface area (Å²) < 4.78 is 37.4. The maximum absolute atomic E-state index is 13.1. The molecule has 0 bridgehead atoms. The van der Waals surface area contributed by atoms with Crippen LogP contribution in [0.15, 0.2) is 72.1 Å². The van der Waals surface area contributed by atoms with Crippen molar-refractivity contribution in [2.75, 3.05) is 26.8 Å². The van der Waals surface area contributed by atoms with Crippen molar-refractivity contribution >= 4 is 50.8 Å². The van der Waals surface area contributed by atoms with Gasteiger partial charge in [0.1, 0.15) is 24.4 Å². The van der Waals surface area contributed by atoms with E-state index in [0.717, 1.165) is 16.8 Å². The molecule has 0 spiro atoms. The van der Waals surface area contributed by atoms with Crippen molar-refractivity contribution in [3.63, 3.8) is 0 Å². The van der Waals surface area contributed by atoms with Gasteiger partial charge in [0, 0.05) is 35.3 Å². The van der Waals surface area contributed by atoms with E-state index in [1.807, 2.05) is 60.2 Å². The molecular formula is C39H47N5O9S. The van der Waals surface area contributed by atoms with Crippen LogP contribution in [0.25, 0.3) is 28.2 Å². The van der Waals surface area contributed by atoms with Gasteiger partial charge in [0.25, 0.3) is 5.91 Å². The van der Waals surface area contributed by atoms with Crippen molar-refractivity contribution in [3.8, 4) is 17.0 Å². The van der Waals surface area contributed by atoms with E-state index in [9.17, 15) is 32.4 Å². The van der Waals surface area contributed by atoms with E-state index in [0.29, 0.717) is 55.2 Å². The van der Waals surface area contributed by atoms with Gasteiger partial charge in [-0.05, 0) is 62.5 Å². The third-order valence-corrected chi connectivity index (χ3v) is 11.2. The molecule has 2 aromatic carbocycles. The van der Waals surface area contributed by atoms with E-state index in [4.69, 9.17) is 9.47 Å². The number of likely N-dealkylation sites (tertiary alicyclic amines) is 1. The fourth-order valence-electron chi connectivity index (χ4n) is 6.24. The van der Waals surface area contributed by atoms with Crippen molar-refractivity contribution in [2.45, 2.75) is 69.2 Å². The van der Waals surface area contributed by atoms with Crippen LogP contribution in [0.4, 0.5) is 4.79 Å². The maximum Gasteiger partial charge on any atom is 0.407 e. The number of hydrogen-bond acceptors (Lipinski definition) is 9. The Kier molecular flexibility index (Phi) is 13.3. The number of H-pyrrole nitrogens is 1. The van der Waals surface area contributed by atoms with Gasteiger partial charge in [0.2, 0.25) is 21.8 Å². The number of aromatic nitrogens is 1. The summed E-state index contributed by atoms with van der Waals surface area (Å²) in [5.74, 6) is -1.33. The van der Waals surface area contributed by atoms with E-state index >= 15 is 0 Å². The fourth-order valence-corrected chi connectivity index (χ4v) is 7.59. The van der Waals surface area contributed by atoms with Crippen LogP contribution >= 0.6 is 0 Å². The smallest absolute Gasteiger partial charge is 0.407 e. The van der Waals surface area contributed by atoms with Gasteiger partial charge in [-0.2, -0.15) is 0 Å². The molecule has 2 unspecified atom stereocenters. The van der Waals surface area contributed by atoms with Gasteiger partial charge in [-0.1, -0.05) is 55.5 Å². The summed E-state index contributed by atoms with van der Waals surface area (Å²) in [6, 6.07) is 12.8. The second-order valence-electron chi connectivity index (χ2n) is 13.6. The first-order valence-corrected chi connectivity index (χ1v) is 19.6. The second kappa shape index (κ2) is 18.1. The lowest BCUT2D eigenvalue weighted by Gasteiger charge is -2.26. The molecule has 2 heterocycles. The number of hydrogen-bond donors (Lipinski definition) is 4. The van der Waals surface area contributed by atoms with Crippen molar-refractivity contribution in [1.29, 1.82) is 0 Å². The average molecular weight is 762 g/mol. The number of carbonyl (C=O) groups is 4. The van der Waals surface area contributed by atoms with Crippen molar-refractivity contribution in [2.24, 2.45) is 5.92 Å². The molecule has 2 fully saturated rings.